The number of nitrogens with one attached hydrogen (secondary N) is 1. The maximum atomic E-state index is 13.4. The van der Waals surface area contributed by atoms with Crippen molar-refractivity contribution in [1.29, 1.82) is 0 Å². The largest absolute Gasteiger partial charge is 0.369 e. The van der Waals surface area contributed by atoms with Gasteiger partial charge in [0.15, 0.2) is 0 Å². The van der Waals surface area contributed by atoms with Gasteiger partial charge >= 0.3 is 0 Å². The lowest BCUT2D eigenvalue weighted by Crippen LogP contribution is -2.51. The van der Waals surface area contributed by atoms with Gasteiger partial charge in [0.1, 0.15) is 11.9 Å². The van der Waals surface area contributed by atoms with Crippen molar-refractivity contribution in [3.63, 3.8) is 0 Å². The molecule has 2 aromatic carbocycles. The van der Waals surface area contributed by atoms with Gasteiger partial charge in [0.05, 0.1) is 0 Å². The molecule has 1 atom stereocenters. The number of hydrogen-bond acceptors (Lipinski definition) is 3. The van der Waals surface area contributed by atoms with Crippen molar-refractivity contribution in [2.24, 2.45) is 0 Å². The van der Waals surface area contributed by atoms with E-state index >= 15 is 0 Å². The summed E-state index contributed by atoms with van der Waals surface area (Å²) in [5.41, 5.74) is 3.34. The number of anilines is 1. The number of amides is 1. The lowest BCUT2D eigenvalue weighted by atomic mass is 10.0. The van der Waals surface area contributed by atoms with Gasteiger partial charge in [-0.25, -0.2) is 4.39 Å². The normalized spacial score (nSPS) is 19.0. The summed E-state index contributed by atoms with van der Waals surface area (Å²) in [4.78, 5) is 17.5. The molecule has 27 heavy (non-hydrogen) atoms. The van der Waals surface area contributed by atoms with Crippen molar-refractivity contribution in [3.05, 3.63) is 65.5 Å². The zero-order valence-electron chi connectivity index (χ0n) is 15.7. The summed E-state index contributed by atoms with van der Waals surface area (Å²) >= 11 is 0. The summed E-state index contributed by atoms with van der Waals surface area (Å²) < 4.78 is 13.4. The van der Waals surface area contributed by atoms with Crippen LogP contribution in [0.3, 0.4) is 0 Å². The average molecular weight is 367 g/mol. The molecule has 0 radical (unpaired) electrons. The molecule has 1 unspecified atom stereocenters. The molecule has 1 N–H and O–H groups in total. The minimum absolute atomic E-state index is 0.0353. The summed E-state index contributed by atoms with van der Waals surface area (Å²) in [7, 11) is 0. The van der Waals surface area contributed by atoms with Gasteiger partial charge in [-0.15, -0.1) is 0 Å². The van der Waals surface area contributed by atoms with Crippen molar-refractivity contribution in [2.75, 3.05) is 31.1 Å². The molecule has 1 amide bonds. The second-order valence-corrected chi connectivity index (χ2v) is 7.60. The van der Waals surface area contributed by atoms with Gasteiger partial charge in [0, 0.05) is 37.9 Å². The second-order valence-electron chi connectivity index (χ2n) is 7.60. The monoisotopic (exact) mass is 367 g/mol. The van der Waals surface area contributed by atoms with Crippen LogP contribution in [-0.4, -0.2) is 43.0 Å². The number of carbonyl (C=O) groups is 1. The summed E-state index contributed by atoms with van der Waals surface area (Å²) in [6.45, 7) is 5.45. The third-order valence-electron chi connectivity index (χ3n) is 5.40. The molecule has 142 valence electrons. The van der Waals surface area contributed by atoms with Gasteiger partial charge in [-0.1, -0.05) is 24.3 Å². The van der Waals surface area contributed by atoms with Crippen molar-refractivity contribution in [3.8, 4) is 0 Å². The molecular formula is C22H26FN3O. The van der Waals surface area contributed by atoms with Crippen LogP contribution in [0.2, 0.25) is 0 Å². The fraction of sp³-hybridized carbons (Fsp3) is 0.409. The van der Waals surface area contributed by atoms with E-state index in [1.54, 1.807) is 12.1 Å². The Morgan fingerprint density at radius 2 is 1.78 bits per heavy atom. The van der Waals surface area contributed by atoms with Gasteiger partial charge in [-0.3, -0.25) is 9.69 Å². The predicted octanol–water partition coefficient (Wildman–Crippen LogP) is 3.28. The number of piperazine rings is 1. The van der Waals surface area contributed by atoms with Crippen molar-refractivity contribution >= 4 is 11.6 Å². The van der Waals surface area contributed by atoms with Crippen molar-refractivity contribution in [1.82, 2.24) is 10.2 Å². The second kappa shape index (κ2) is 7.69. The topological polar surface area (TPSA) is 35.6 Å². The Kier molecular flexibility index (Phi) is 5.12. The summed E-state index contributed by atoms with van der Waals surface area (Å²) in [6, 6.07) is 14.8. The summed E-state index contributed by atoms with van der Waals surface area (Å²) in [5.74, 6) is -0.238. The molecule has 1 saturated carbocycles. The first-order valence-electron chi connectivity index (χ1n) is 9.72. The number of aryl methyl sites for hydroxylation is 1. The van der Waals surface area contributed by atoms with E-state index in [-0.39, 0.29) is 17.8 Å². The first-order chi connectivity index (χ1) is 13.1. The first-order valence-corrected chi connectivity index (χ1v) is 9.72. The Morgan fingerprint density at radius 1 is 1.07 bits per heavy atom. The van der Waals surface area contributed by atoms with E-state index in [1.807, 2.05) is 0 Å². The van der Waals surface area contributed by atoms with E-state index in [9.17, 15) is 9.18 Å². The zero-order valence-corrected chi connectivity index (χ0v) is 15.7. The predicted molar refractivity (Wildman–Crippen MR) is 105 cm³/mol. The third kappa shape index (κ3) is 4.30. The molecule has 4 rings (SSSR count). The molecule has 1 aliphatic carbocycles. The fourth-order valence-electron chi connectivity index (χ4n) is 3.74. The highest BCUT2D eigenvalue weighted by Gasteiger charge is 2.33. The summed E-state index contributed by atoms with van der Waals surface area (Å²) in [6.07, 6.45) is 2.12. The molecule has 2 fully saturated rings. The maximum Gasteiger partial charge on any atom is 0.242 e. The van der Waals surface area contributed by atoms with Crippen LogP contribution in [0, 0.1) is 12.7 Å². The Hall–Kier alpha value is -2.40. The van der Waals surface area contributed by atoms with E-state index < -0.39 is 0 Å². The van der Waals surface area contributed by atoms with E-state index in [2.05, 4.69) is 46.3 Å². The Balaban J connectivity index is 1.49. The maximum absolute atomic E-state index is 13.4. The number of rotatable bonds is 5. The number of nitrogens with zero attached hydrogens (tertiary/aromatic N) is 2. The van der Waals surface area contributed by atoms with Gasteiger partial charge in [0.2, 0.25) is 5.91 Å². The van der Waals surface area contributed by atoms with Crippen LogP contribution in [0.4, 0.5) is 10.1 Å². The number of carbonyl (C=O) groups excluding carboxylic acids is 1. The van der Waals surface area contributed by atoms with Crippen LogP contribution in [-0.2, 0) is 4.79 Å². The highest BCUT2D eigenvalue weighted by Crippen LogP contribution is 2.27. The Labute approximate surface area is 160 Å². The molecule has 1 heterocycles. The third-order valence-corrected chi connectivity index (χ3v) is 5.40. The quantitative estimate of drug-likeness (QED) is 0.881. The first kappa shape index (κ1) is 18.0. The van der Waals surface area contributed by atoms with Crippen LogP contribution >= 0.6 is 0 Å². The van der Waals surface area contributed by atoms with E-state index in [0.717, 1.165) is 44.6 Å². The Bertz CT molecular complexity index is 795. The molecule has 2 aromatic rings. The van der Waals surface area contributed by atoms with Crippen LogP contribution in [0.25, 0.3) is 0 Å². The highest BCUT2D eigenvalue weighted by molar-refractivity contribution is 5.83. The van der Waals surface area contributed by atoms with Crippen LogP contribution in [0.15, 0.2) is 48.5 Å². The molecule has 0 bridgehead atoms. The lowest BCUT2D eigenvalue weighted by Gasteiger charge is -2.40. The molecule has 2 aliphatic rings. The van der Waals surface area contributed by atoms with Gasteiger partial charge < -0.3 is 10.2 Å². The molecule has 5 heteroatoms. The zero-order chi connectivity index (χ0) is 18.8. The molecule has 0 spiro atoms. The van der Waals surface area contributed by atoms with Crippen LogP contribution in [0.1, 0.15) is 30.0 Å². The van der Waals surface area contributed by atoms with E-state index in [4.69, 9.17) is 0 Å². The molecule has 1 saturated heterocycles. The standard InChI is InChI=1S/C22H26FN3O/c1-16-3-2-4-20(15-16)25-11-13-26(14-12-25)21(22(27)24-19-9-10-19)17-5-7-18(23)8-6-17/h2-8,15,19,21H,9-14H2,1H3,(H,24,27). The molecule has 0 aromatic heterocycles. The average Bonchev–Trinajstić information content (AvgIpc) is 3.48. The van der Waals surface area contributed by atoms with Gasteiger partial charge in [-0.05, 0) is 55.2 Å². The number of hydrogen-bond donors (Lipinski definition) is 1. The summed E-state index contributed by atoms with van der Waals surface area (Å²) in [5, 5.41) is 3.13. The van der Waals surface area contributed by atoms with Gasteiger partial charge in [0.25, 0.3) is 0 Å². The fourth-order valence-corrected chi connectivity index (χ4v) is 3.74. The number of halogens is 1. The molecular weight excluding hydrogens is 341 g/mol. The van der Waals surface area contributed by atoms with Crippen molar-refractivity contribution in [2.45, 2.75) is 31.8 Å². The highest BCUT2D eigenvalue weighted by atomic mass is 19.1. The van der Waals surface area contributed by atoms with Crippen LogP contribution in [0.5, 0.6) is 0 Å². The van der Waals surface area contributed by atoms with Gasteiger partial charge in [-0.2, -0.15) is 0 Å². The SMILES string of the molecule is Cc1cccc(N2CCN(C(C(=O)NC3CC3)c3ccc(F)cc3)CC2)c1. The van der Waals surface area contributed by atoms with E-state index in [0.29, 0.717) is 6.04 Å². The molecule has 4 nitrogen and oxygen atoms in total. The lowest BCUT2D eigenvalue weighted by molar-refractivity contribution is -0.127. The Morgan fingerprint density at radius 3 is 2.41 bits per heavy atom. The minimum Gasteiger partial charge on any atom is -0.369 e. The number of benzene rings is 2. The smallest absolute Gasteiger partial charge is 0.242 e. The van der Waals surface area contributed by atoms with E-state index in [1.165, 1.54) is 23.4 Å². The molecule has 1 aliphatic heterocycles. The van der Waals surface area contributed by atoms with Crippen molar-refractivity contribution < 1.29 is 9.18 Å². The van der Waals surface area contributed by atoms with Crippen LogP contribution < -0.4 is 10.2 Å². The minimum atomic E-state index is -0.356.